The zero-order valence-electron chi connectivity index (χ0n) is 10.5. The van der Waals surface area contributed by atoms with Gasteiger partial charge >= 0.3 is 0 Å². The maximum absolute atomic E-state index is 13.1. The smallest absolute Gasteiger partial charge is 0.205 e. The van der Waals surface area contributed by atoms with Gasteiger partial charge in [0.05, 0.1) is 30.0 Å². The number of halogens is 1. The Balaban J connectivity index is 1.98. The van der Waals surface area contributed by atoms with Crippen LogP contribution < -0.4 is 0 Å². The van der Waals surface area contributed by atoms with Gasteiger partial charge in [-0.25, -0.2) is 18.3 Å². The lowest BCUT2D eigenvalue weighted by Gasteiger charge is -2.00. The largest absolute Gasteiger partial charge is 0.301 e. The molecule has 0 amide bonds. The quantitative estimate of drug-likeness (QED) is 0.749. The fourth-order valence-corrected chi connectivity index (χ4v) is 2.17. The summed E-state index contributed by atoms with van der Waals surface area (Å²) in [5.41, 5.74) is 1.63. The van der Waals surface area contributed by atoms with Crippen LogP contribution in [0.3, 0.4) is 0 Å². The SMILES string of the molecule is O=S(O)c1cccc(-c2cnn(-c3cncc(F)c3)c2)n1. The summed E-state index contributed by atoms with van der Waals surface area (Å²) in [5, 5.41) is 4.17. The van der Waals surface area contributed by atoms with Crippen LogP contribution in [0.1, 0.15) is 0 Å². The maximum atomic E-state index is 13.1. The Labute approximate surface area is 121 Å². The third-order valence-corrected chi connectivity index (χ3v) is 3.32. The van der Waals surface area contributed by atoms with Crippen LogP contribution in [-0.2, 0) is 11.1 Å². The Bertz CT molecular complexity index is 821. The Kier molecular flexibility index (Phi) is 3.55. The predicted molar refractivity (Wildman–Crippen MR) is 73.6 cm³/mol. The molecular weight excluding hydrogens is 295 g/mol. The fourth-order valence-electron chi connectivity index (χ4n) is 1.80. The van der Waals surface area contributed by atoms with Crippen molar-refractivity contribution in [3.8, 4) is 16.9 Å². The zero-order valence-corrected chi connectivity index (χ0v) is 11.4. The molecule has 0 fully saturated rings. The summed E-state index contributed by atoms with van der Waals surface area (Å²) in [6.45, 7) is 0. The molecule has 0 aliphatic carbocycles. The highest BCUT2D eigenvalue weighted by Crippen LogP contribution is 2.19. The van der Waals surface area contributed by atoms with E-state index in [0.717, 1.165) is 6.20 Å². The molecule has 0 saturated heterocycles. The summed E-state index contributed by atoms with van der Waals surface area (Å²) in [5.74, 6) is -0.458. The van der Waals surface area contributed by atoms with Gasteiger partial charge in [0, 0.05) is 17.8 Å². The van der Waals surface area contributed by atoms with Crippen LogP contribution in [-0.4, -0.2) is 28.5 Å². The first-order valence-electron chi connectivity index (χ1n) is 5.87. The molecule has 0 saturated carbocycles. The van der Waals surface area contributed by atoms with E-state index in [-0.39, 0.29) is 5.03 Å². The Hall–Kier alpha value is -2.45. The summed E-state index contributed by atoms with van der Waals surface area (Å²) in [6.07, 6.45) is 5.77. The van der Waals surface area contributed by atoms with Crippen LogP contribution in [0.25, 0.3) is 16.9 Å². The Morgan fingerprint density at radius 1 is 1.24 bits per heavy atom. The minimum absolute atomic E-state index is 0.0627. The molecule has 6 nitrogen and oxygen atoms in total. The third-order valence-electron chi connectivity index (χ3n) is 2.74. The highest BCUT2D eigenvalue weighted by molar-refractivity contribution is 7.79. The lowest BCUT2D eigenvalue weighted by molar-refractivity contribution is 0.560. The predicted octanol–water partition coefficient (Wildman–Crippen LogP) is 2.05. The molecule has 0 aliphatic heterocycles. The van der Waals surface area contributed by atoms with Crippen molar-refractivity contribution in [1.82, 2.24) is 19.7 Å². The van der Waals surface area contributed by atoms with Crippen LogP contribution in [0.5, 0.6) is 0 Å². The van der Waals surface area contributed by atoms with Crippen molar-refractivity contribution in [2.24, 2.45) is 0 Å². The highest BCUT2D eigenvalue weighted by Gasteiger charge is 2.08. The van der Waals surface area contributed by atoms with E-state index in [9.17, 15) is 8.60 Å². The highest BCUT2D eigenvalue weighted by atomic mass is 32.2. The van der Waals surface area contributed by atoms with E-state index in [0.29, 0.717) is 16.9 Å². The summed E-state index contributed by atoms with van der Waals surface area (Å²) in [4.78, 5) is 7.83. The standard InChI is InChI=1S/C13H9FN4O2S/c14-10-4-11(7-15-6-10)18-8-9(5-16-18)12-2-1-3-13(17-12)21(19)20/h1-8H,(H,19,20). The first-order chi connectivity index (χ1) is 10.1. The number of aromatic nitrogens is 4. The van der Waals surface area contributed by atoms with E-state index in [4.69, 9.17) is 4.55 Å². The monoisotopic (exact) mass is 304 g/mol. The number of hydrogen-bond donors (Lipinski definition) is 1. The summed E-state index contributed by atoms with van der Waals surface area (Å²) >= 11 is -2.14. The molecule has 106 valence electrons. The normalized spacial score (nSPS) is 12.3. The summed E-state index contributed by atoms with van der Waals surface area (Å²) < 4.78 is 34.7. The van der Waals surface area contributed by atoms with Gasteiger partial charge in [-0.15, -0.1) is 0 Å². The van der Waals surface area contributed by atoms with Crippen molar-refractivity contribution in [3.05, 3.63) is 54.9 Å². The van der Waals surface area contributed by atoms with E-state index >= 15 is 0 Å². The molecule has 1 atom stereocenters. The van der Waals surface area contributed by atoms with Crippen LogP contribution in [0.2, 0.25) is 0 Å². The van der Waals surface area contributed by atoms with Crippen LogP contribution >= 0.6 is 0 Å². The van der Waals surface area contributed by atoms with Crippen molar-refractivity contribution >= 4 is 11.1 Å². The lowest BCUT2D eigenvalue weighted by atomic mass is 10.2. The molecule has 1 unspecified atom stereocenters. The van der Waals surface area contributed by atoms with Crippen LogP contribution in [0.15, 0.2) is 54.1 Å². The second-order valence-corrected chi connectivity index (χ2v) is 5.06. The minimum atomic E-state index is -2.14. The number of nitrogens with zero attached hydrogens (tertiary/aromatic N) is 4. The average molecular weight is 304 g/mol. The second kappa shape index (κ2) is 5.51. The first-order valence-corrected chi connectivity index (χ1v) is 6.98. The van der Waals surface area contributed by atoms with Gasteiger partial charge < -0.3 is 4.55 Å². The molecular formula is C13H9FN4O2S. The number of pyridine rings is 2. The molecule has 0 radical (unpaired) electrons. The van der Waals surface area contributed by atoms with E-state index in [2.05, 4.69) is 15.1 Å². The maximum Gasteiger partial charge on any atom is 0.205 e. The van der Waals surface area contributed by atoms with Gasteiger partial charge in [0.25, 0.3) is 0 Å². The van der Waals surface area contributed by atoms with Gasteiger partial charge in [-0.05, 0) is 12.1 Å². The topological polar surface area (TPSA) is 80.9 Å². The molecule has 3 aromatic heterocycles. The average Bonchev–Trinajstić information content (AvgIpc) is 2.97. The van der Waals surface area contributed by atoms with Gasteiger partial charge in [-0.2, -0.15) is 5.10 Å². The summed E-state index contributed by atoms with van der Waals surface area (Å²) in [7, 11) is 0. The molecule has 3 rings (SSSR count). The molecule has 0 aromatic carbocycles. The van der Waals surface area contributed by atoms with Crippen molar-refractivity contribution in [2.45, 2.75) is 5.03 Å². The number of rotatable bonds is 3. The molecule has 8 heteroatoms. The van der Waals surface area contributed by atoms with Crippen molar-refractivity contribution in [1.29, 1.82) is 0 Å². The van der Waals surface area contributed by atoms with Crippen molar-refractivity contribution < 1.29 is 13.2 Å². The van der Waals surface area contributed by atoms with E-state index in [1.807, 2.05) is 0 Å². The van der Waals surface area contributed by atoms with Gasteiger partial charge in [0.1, 0.15) is 5.82 Å². The molecule has 3 aromatic rings. The first kappa shape index (κ1) is 13.5. The number of hydrogen-bond acceptors (Lipinski definition) is 4. The van der Waals surface area contributed by atoms with Gasteiger partial charge in [0.15, 0.2) is 5.03 Å². The second-order valence-electron chi connectivity index (χ2n) is 4.15. The van der Waals surface area contributed by atoms with E-state index in [1.54, 1.807) is 18.3 Å². The molecule has 21 heavy (non-hydrogen) atoms. The molecule has 1 N–H and O–H groups in total. The Morgan fingerprint density at radius 3 is 2.86 bits per heavy atom. The van der Waals surface area contributed by atoms with Crippen LogP contribution in [0.4, 0.5) is 4.39 Å². The van der Waals surface area contributed by atoms with Crippen molar-refractivity contribution in [3.63, 3.8) is 0 Å². The Morgan fingerprint density at radius 2 is 2.10 bits per heavy atom. The van der Waals surface area contributed by atoms with E-state index in [1.165, 1.54) is 29.2 Å². The molecule has 0 bridgehead atoms. The van der Waals surface area contributed by atoms with Gasteiger partial charge in [-0.1, -0.05) is 6.07 Å². The molecule has 0 aliphatic rings. The minimum Gasteiger partial charge on any atom is -0.301 e. The third kappa shape index (κ3) is 2.86. The molecule has 3 heterocycles. The van der Waals surface area contributed by atoms with E-state index < -0.39 is 16.9 Å². The van der Waals surface area contributed by atoms with Crippen LogP contribution in [0, 0.1) is 5.82 Å². The zero-order chi connectivity index (χ0) is 14.8. The van der Waals surface area contributed by atoms with Gasteiger partial charge in [0.2, 0.25) is 11.1 Å². The summed E-state index contributed by atoms with van der Waals surface area (Å²) in [6, 6.07) is 6.09. The lowest BCUT2D eigenvalue weighted by Crippen LogP contribution is -1.96. The molecule has 0 spiro atoms. The van der Waals surface area contributed by atoms with Crippen molar-refractivity contribution in [2.75, 3.05) is 0 Å². The van der Waals surface area contributed by atoms with Gasteiger partial charge in [-0.3, -0.25) is 4.98 Å². The fraction of sp³-hybridized carbons (Fsp3) is 0.